The second-order valence-electron chi connectivity index (χ2n) is 4.90. The minimum absolute atomic E-state index is 0.196. The molecule has 18 heavy (non-hydrogen) atoms. The van der Waals surface area contributed by atoms with Gasteiger partial charge in [-0.25, -0.2) is 0 Å². The maximum absolute atomic E-state index is 6.23. The zero-order chi connectivity index (χ0) is 13.5. The maximum atomic E-state index is 6.23. The van der Waals surface area contributed by atoms with Crippen LogP contribution in [0.1, 0.15) is 26.3 Å². The maximum Gasteiger partial charge on any atom is 0.0750 e. The number of hydrogen-bond acceptors (Lipinski definition) is 2. The highest BCUT2D eigenvalue weighted by Gasteiger charge is 2.24. The zero-order valence-electron chi connectivity index (χ0n) is 11.7. The normalized spacial score (nSPS) is 14.8. The summed E-state index contributed by atoms with van der Waals surface area (Å²) in [5.41, 5.74) is 1.17. The molecule has 0 aliphatic heterocycles. The summed E-state index contributed by atoms with van der Waals surface area (Å²) in [5.74, 6) is 0.474. The largest absolute Gasteiger partial charge is 0.380 e. The van der Waals surface area contributed by atoms with Crippen LogP contribution in [0.4, 0.5) is 0 Å². The number of halogens is 1. The fraction of sp³-hybridized carbons (Fsp3) is 0.600. The van der Waals surface area contributed by atoms with E-state index in [1.807, 2.05) is 18.2 Å². The number of hydrogen-bond donors (Lipinski definition) is 1. The van der Waals surface area contributed by atoms with Crippen molar-refractivity contribution >= 4 is 11.6 Å². The molecule has 0 aliphatic rings. The lowest BCUT2D eigenvalue weighted by Crippen LogP contribution is -2.45. The summed E-state index contributed by atoms with van der Waals surface area (Å²) in [6, 6.07) is 8.31. The van der Waals surface area contributed by atoms with Crippen LogP contribution < -0.4 is 5.32 Å². The predicted octanol–water partition coefficient (Wildman–Crippen LogP) is 3.53. The molecule has 2 unspecified atom stereocenters. The van der Waals surface area contributed by atoms with Gasteiger partial charge in [-0.05, 0) is 30.5 Å². The van der Waals surface area contributed by atoms with Crippen molar-refractivity contribution in [3.63, 3.8) is 0 Å². The van der Waals surface area contributed by atoms with Crippen LogP contribution in [0.15, 0.2) is 24.3 Å². The Morgan fingerprint density at radius 2 is 1.94 bits per heavy atom. The third kappa shape index (κ3) is 4.27. The standard InChI is InChI=1S/C15H24ClNO/c1-5-17-14(15(18-4)11(2)3)10-12-8-6-7-9-13(12)16/h6-9,11,14-15,17H,5,10H2,1-4H3. The molecule has 3 heteroatoms. The molecule has 0 heterocycles. The Morgan fingerprint density at radius 1 is 1.28 bits per heavy atom. The lowest BCUT2D eigenvalue weighted by Gasteiger charge is -2.30. The Hall–Kier alpha value is -0.570. The van der Waals surface area contributed by atoms with Crippen LogP contribution in [-0.4, -0.2) is 25.8 Å². The van der Waals surface area contributed by atoms with E-state index in [1.165, 1.54) is 5.56 Å². The first-order valence-corrected chi connectivity index (χ1v) is 6.97. The molecule has 0 fully saturated rings. The number of rotatable bonds is 7. The number of nitrogens with one attached hydrogen (secondary N) is 1. The molecule has 2 nitrogen and oxygen atoms in total. The zero-order valence-corrected chi connectivity index (χ0v) is 12.5. The van der Waals surface area contributed by atoms with Gasteiger partial charge in [0.25, 0.3) is 0 Å². The Balaban J connectivity index is 2.82. The SMILES string of the molecule is CCNC(Cc1ccccc1Cl)C(OC)C(C)C. The van der Waals surface area contributed by atoms with Crippen molar-refractivity contribution in [1.82, 2.24) is 5.32 Å². The topological polar surface area (TPSA) is 21.3 Å². The van der Waals surface area contributed by atoms with Crippen molar-refractivity contribution in [1.29, 1.82) is 0 Å². The smallest absolute Gasteiger partial charge is 0.0750 e. The average Bonchev–Trinajstić information content (AvgIpc) is 2.32. The van der Waals surface area contributed by atoms with Gasteiger partial charge in [-0.15, -0.1) is 0 Å². The van der Waals surface area contributed by atoms with Crippen molar-refractivity contribution in [2.24, 2.45) is 5.92 Å². The number of methoxy groups -OCH3 is 1. The second-order valence-corrected chi connectivity index (χ2v) is 5.31. The summed E-state index contributed by atoms with van der Waals surface area (Å²) >= 11 is 6.23. The minimum atomic E-state index is 0.196. The van der Waals surface area contributed by atoms with Gasteiger partial charge >= 0.3 is 0 Å². The number of likely N-dealkylation sites (N-methyl/N-ethyl adjacent to an activating group) is 1. The fourth-order valence-corrected chi connectivity index (χ4v) is 2.58. The molecular formula is C15H24ClNO. The molecule has 0 amide bonds. The fourth-order valence-electron chi connectivity index (χ4n) is 2.37. The highest BCUT2D eigenvalue weighted by atomic mass is 35.5. The van der Waals surface area contributed by atoms with E-state index in [1.54, 1.807) is 7.11 Å². The van der Waals surface area contributed by atoms with Gasteiger partial charge in [0.05, 0.1) is 6.10 Å². The van der Waals surface area contributed by atoms with Crippen LogP contribution in [0.25, 0.3) is 0 Å². The van der Waals surface area contributed by atoms with E-state index < -0.39 is 0 Å². The van der Waals surface area contributed by atoms with E-state index in [-0.39, 0.29) is 6.10 Å². The van der Waals surface area contributed by atoms with Crippen LogP contribution >= 0.6 is 11.6 Å². The molecule has 0 radical (unpaired) electrons. The van der Waals surface area contributed by atoms with Crippen LogP contribution in [0.3, 0.4) is 0 Å². The molecule has 0 bridgehead atoms. The van der Waals surface area contributed by atoms with Crippen molar-refractivity contribution in [2.45, 2.75) is 39.3 Å². The molecule has 1 aromatic rings. The summed E-state index contributed by atoms with van der Waals surface area (Å²) in [6.45, 7) is 7.42. The van der Waals surface area contributed by atoms with Crippen LogP contribution in [0.2, 0.25) is 5.02 Å². The van der Waals surface area contributed by atoms with Crippen molar-refractivity contribution in [2.75, 3.05) is 13.7 Å². The number of benzene rings is 1. The predicted molar refractivity (Wildman–Crippen MR) is 78.3 cm³/mol. The Kier molecular flexibility index (Phi) is 6.69. The van der Waals surface area contributed by atoms with E-state index in [2.05, 4.69) is 32.2 Å². The third-order valence-corrected chi connectivity index (χ3v) is 3.56. The molecule has 0 saturated carbocycles. The van der Waals surface area contributed by atoms with Crippen molar-refractivity contribution < 1.29 is 4.74 Å². The monoisotopic (exact) mass is 269 g/mol. The lowest BCUT2D eigenvalue weighted by molar-refractivity contribution is 0.0337. The van der Waals surface area contributed by atoms with Gasteiger partial charge < -0.3 is 10.1 Å². The van der Waals surface area contributed by atoms with E-state index in [0.717, 1.165) is 18.0 Å². The van der Waals surface area contributed by atoms with E-state index in [9.17, 15) is 0 Å². The Bertz CT molecular complexity index is 354. The van der Waals surface area contributed by atoms with E-state index in [0.29, 0.717) is 12.0 Å². The molecule has 0 spiro atoms. The molecule has 2 atom stereocenters. The molecule has 1 aromatic carbocycles. The minimum Gasteiger partial charge on any atom is -0.380 e. The molecule has 1 N–H and O–H groups in total. The quantitative estimate of drug-likeness (QED) is 0.818. The van der Waals surface area contributed by atoms with Gasteiger partial charge in [0.15, 0.2) is 0 Å². The van der Waals surface area contributed by atoms with Gasteiger partial charge in [0.2, 0.25) is 0 Å². The molecular weight excluding hydrogens is 246 g/mol. The van der Waals surface area contributed by atoms with Gasteiger partial charge in [0.1, 0.15) is 0 Å². The van der Waals surface area contributed by atoms with Gasteiger partial charge in [0, 0.05) is 18.2 Å². The first kappa shape index (κ1) is 15.5. The van der Waals surface area contributed by atoms with Crippen molar-refractivity contribution in [3.8, 4) is 0 Å². The molecule has 1 rings (SSSR count). The first-order valence-electron chi connectivity index (χ1n) is 6.59. The second kappa shape index (κ2) is 7.78. The summed E-state index contributed by atoms with van der Waals surface area (Å²) in [6.07, 6.45) is 1.09. The summed E-state index contributed by atoms with van der Waals surface area (Å²) < 4.78 is 5.63. The Morgan fingerprint density at radius 3 is 2.44 bits per heavy atom. The van der Waals surface area contributed by atoms with Gasteiger partial charge in [-0.2, -0.15) is 0 Å². The first-order chi connectivity index (χ1) is 8.60. The van der Waals surface area contributed by atoms with Crippen LogP contribution in [-0.2, 0) is 11.2 Å². The van der Waals surface area contributed by atoms with Gasteiger partial charge in [-0.1, -0.05) is 50.6 Å². The third-order valence-electron chi connectivity index (χ3n) is 3.19. The number of ether oxygens (including phenoxy) is 1. The average molecular weight is 270 g/mol. The van der Waals surface area contributed by atoms with Crippen LogP contribution in [0, 0.1) is 5.92 Å². The van der Waals surface area contributed by atoms with E-state index in [4.69, 9.17) is 16.3 Å². The van der Waals surface area contributed by atoms with Crippen molar-refractivity contribution in [3.05, 3.63) is 34.9 Å². The van der Waals surface area contributed by atoms with E-state index >= 15 is 0 Å². The highest BCUT2D eigenvalue weighted by Crippen LogP contribution is 2.20. The van der Waals surface area contributed by atoms with Gasteiger partial charge in [-0.3, -0.25) is 0 Å². The summed E-state index contributed by atoms with van der Waals surface area (Å²) in [5, 5.41) is 4.34. The summed E-state index contributed by atoms with van der Waals surface area (Å²) in [7, 11) is 1.78. The highest BCUT2D eigenvalue weighted by molar-refractivity contribution is 6.31. The molecule has 0 saturated heterocycles. The summed E-state index contributed by atoms with van der Waals surface area (Å²) in [4.78, 5) is 0. The Labute approximate surface area is 116 Å². The van der Waals surface area contributed by atoms with Crippen LogP contribution in [0.5, 0.6) is 0 Å². The molecule has 0 aliphatic carbocycles. The molecule has 0 aromatic heterocycles. The lowest BCUT2D eigenvalue weighted by atomic mass is 9.94. The molecule has 102 valence electrons.